The van der Waals surface area contributed by atoms with Crippen LogP contribution in [0.2, 0.25) is 0 Å². The Bertz CT molecular complexity index is 1470. The van der Waals surface area contributed by atoms with Gasteiger partial charge in [-0.2, -0.15) is 0 Å². The lowest BCUT2D eigenvalue weighted by Crippen LogP contribution is -2.54. The summed E-state index contributed by atoms with van der Waals surface area (Å²) >= 11 is 3.43. The Labute approximate surface area is 242 Å². The molecular formula is C28H31BrN4O6S. The number of benzene rings is 3. The Kier molecular flexibility index (Phi) is 10.4. The maximum atomic E-state index is 14.0. The van der Waals surface area contributed by atoms with E-state index in [0.717, 1.165) is 32.2 Å². The number of nitro groups is 1. The molecule has 3 rings (SSSR count). The standard InChI is InChI=1S/C28H31BrN4O6S/c1-20(2)30-28(35)26(16-21-9-5-4-6-10-21)31(18-22-11-7-12-23(29)15-22)27(34)19-32(40(3,38)39)24-13-8-14-25(17-24)33(36)37/h4-15,17,20,26H,16,18-19H2,1-3H3,(H,30,35). The van der Waals surface area contributed by atoms with Crippen LogP contribution in [-0.2, 0) is 32.6 Å². The zero-order valence-electron chi connectivity index (χ0n) is 22.4. The zero-order valence-corrected chi connectivity index (χ0v) is 24.8. The van der Waals surface area contributed by atoms with Gasteiger partial charge >= 0.3 is 0 Å². The fourth-order valence-corrected chi connectivity index (χ4v) is 5.43. The van der Waals surface area contributed by atoms with Gasteiger partial charge in [-0.05, 0) is 43.2 Å². The molecule has 0 saturated carbocycles. The van der Waals surface area contributed by atoms with Crippen molar-refractivity contribution < 1.29 is 22.9 Å². The minimum Gasteiger partial charge on any atom is -0.352 e. The molecule has 212 valence electrons. The number of nitrogens with one attached hydrogen (secondary N) is 1. The quantitative estimate of drug-likeness (QED) is 0.235. The van der Waals surface area contributed by atoms with Gasteiger partial charge in [0, 0.05) is 35.6 Å². The number of amides is 2. The molecule has 0 aliphatic rings. The lowest BCUT2D eigenvalue weighted by molar-refractivity contribution is -0.384. The highest BCUT2D eigenvalue weighted by Gasteiger charge is 2.33. The average Bonchev–Trinajstić information content (AvgIpc) is 2.88. The predicted molar refractivity (Wildman–Crippen MR) is 157 cm³/mol. The van der Waals surface area contributed by atoms with Crippen LogP contribution in [0.1, 0.15) is 25.0 Å². The summed E-state index contributed by atoms with van der Waals surface area (Å²) in [4.78, 5) is 39.6. The summed E-state index contributed by atoms with van der Waals surface area (Å²) in [5.41, 5.74) is 1.19. The Hall–Kier alpha value is -3.77. The van der Waals surface area contributed by atoms with Crippen LogP contribution in [0.4, 0.5) is 11.4 Å². The van der Waals surface area contributed by atoms with Crippen LogP contribution in [0.15, 0.2) is 83.3 Å². The molecule has 12 heteroatoms. The molecule has 10 nitrogen and oxygen atoms in total. The van der Waals surface area contributed by atoms with Gasteiger partial charge in [-0.3, -0.25) is 24.0 Å². The molecule has 1 unspecified atom stereocenters. The number of anilines is 1. The van der Waals surface area contributed by atoms with Gasteiger partial charge in [-0.25, -0.2) is 8.42 Å². The van der Waals surface area contributed by atoms with E-state index in [1.807, 2.05) is 56.3 Å². The van der Waals surface area contributed by atoms with Crippen molar-refractivity contribution in [1.82, 2.24) is 10.2 Å². The van der Waals surface area contributed by atoms with Gasteiger partial charge < -0.3 is 10.2 Å². The van der Waals surface area contributed by atoms with Crippen molar-refractivity contribution in [1.29, 1.82) is 0 Å². The molecule has 0 aromatic heterocycles. The Morgan fingerprint density at radius 3 is 2.23 bits per heavy atom. The van der Waals surface area contributed by atoms with Crippen molar-refractivity contribution in [3.05, 3.63) is 105 Å². The largest absolute Gasteiger partial charge is 0.352 e. The molecule has 3 aromatic rings. The maximum absolute atomic E-state index is 14.0. The van der Waals surface area contributed by atoms with E-state index < -0.39 is 33.4 Å². The first-order chi connectivity index (χ1) is 18.8. The lowest BCUT2D eigenvalue weighted by Gasteiger charge is -2.34. The topological polar surface area (TPSA) is 130 Å². The average molecular weight is 632 g/mol. The number of halogens is 1. The molecule has 3 aromatic carbocycles. The smallest absolute Gasteiger partial charge is 0.271 e. The van der Waals surface area contributed by atoms with Crippen LogP contribution >= 0.6 is 15.9 Å². The van der Waals surface area contributed by atoms with E-state index in [1.54, 1.807) is 12.1 Å². The molecule has 0 aliphatic heterocycles. The first kappa shape index (κ1) is 30.8. The predicted octanol–water partition coefficient (Wildman–Crippen LogP) is 4.29. The highest BCUT2D eigenvalue weighted by Crippen LogP contribution is 2.24. The van der Waals surface area contributed by atoms with Gasteiger partial charge in [0.1, 0.15) is 12.6 Å². The molecule has 1 N–H and O–H groups in total. The second-order valence-corrected chi connectivity index (χ2v) is 12.4. The van der Waals surface area contributed by atoms with Crippen LogP contribution in [0, 0.1) is 10.1 Å². The molecule has 0 spiro atoms. The van der Waals surface area contributed by atoms with E-state index in [2.05, 4.69) is 21.2 Å². The molecule has 0 aliphatic carbocycles. The van der Waals surface area contributed by atoms with Gasteiger partial charge in [0.15, 0.2) is 0 Å². The number of hydrogen-bond acceptors (Lipinski definition) is 6. The van der Waals surface area contributed by atoms with Crippen molar-refractivity contribution in [2.45, 2.75) is 38.9 Å². The normalized spacial score (nSPS) is 12.0. The number of carbonyl (C=O) groups is 2. The maximum Gasteiger partial charge on any atom is 0.271 e. The Morgan fingerprint density at radius 1 is 0.975 bits per heavy atom. The number of rotatable bonds is 12. The van der Waals surface area contributed by atoms with Crippen molar-refractivity contribution in [3.8, 4) is 0 Å². The van der Waals surface area contributed by atoms with Crippen LogP contribution in [-0.4, -0.2) is 54.9 Å². The summed E-state index contributed by atoms with van der Waals surface area (Å²) < 4.78 is 27.2. The van der Waals surface area contributed by atoms with Crippen LogP contribution < -0.4 is 9.62 Å². The van der Waals surface area contributed by atoms with Gasteiger partial charge in [0.05, 0.1) is 16.9 Å². The van der Waals surface area contributed by atoms with Crippen molar-refractivity contribution in [2.75, 3.05) is 17.1 Å². The van der Waals surface area contributed by atoms with E-state index in [-0.39, 0.29) is 36.3 Å². The van der Waals surface area contributed by atoms with Gasteiger partial charge in [-0.15, -0.1) is 0 Å². The second-order valence-electron chi connectivity index (χ2n) is 9.57. The highest BCUT2D eigenvalue weighted by molar-refractivity contribution is 9.10. The Balaban J connectivity index is 2.07. The number of nitrogens with zero attached hydrogens (tertiary/aromatic N) is 3. The number of sulfonamides is 1. The minimum atomic E-state index is -4.04. The van der Waals surface area contributed by atoms with Gasteiger partial charge in [-0.1, -0.05) is 64.5 Å². The summed E-state index contributed by atoms with van der Waals surface area (Å²) in [5.74, 6) is -1.03. The van der Waals surface area contributed by atoms with Gasteiger partial charge in [0.25, 0.3) is 5.69 Å². The van der Waals surface area contributed by atoms with Crippen molar-refractivity contribution in [3.63, 3.8) is 0 Å². The summed E-state index contributed by atoms with van der Waals surface area (Å²) in [6, 6.07) is 20.4. The first-order valence-electron chi connectivity index (χ1n) is 12.5. The second kappa shape index (κ2) is 13.5. The summed E-state index contributed by atoms with van der Waals surface area (Å²) in [6.07, 6.45) is 1.11. The molecule has 40 heavy (non-hydrogen) atoms. The Morgan fingerprint density at radius 2 is 1.62 bits per heavy atom. The van der Waals surface area contributed by atoms with E-state index in [1.165, 1.54) is 23.1 Å². The lowest BCUT2D eigenvalue weighted by atomic mass is 10.0. The summed E-state index contributed by atoms with van der Waals surface area (Å²) in [5, 5.41) is 14.2. The fraction of sp³-hybridized carbons (Fsp3) is 0.286. The number of hydrogen-bond donors (Lipinski definition) is 1. The fourth-order valence-electron chi connectivity index (χ4n) is 4.14. The SMILES string of the molecule is CC(C)NC(=O)C(Cc1ccccc1)N(Cc1cccc(Br)c1)C(=O)CN(c1cccc([N+](=O)[O-])c1)S(C)(=O)=O. The molecule has 0 saturated heterocycles. The molecule has 1 atom stereocenters. The summed E-state index contributed by atoms with van der Waals surface area (Å²) in [7, 11) is -4.04. The summed E-state index contributed by atoms with van der Waals surface area (Å²) in [6.45, 7) is 2.99. The van der Waals surface area contributed by atoms with Crippen LogP contribution in [0.25, 0.3) is 0 Å². The van der Waals surface area contributed by atoms with E-state index in [4.69, 9.17) is 0 Å². The van der Waals surface area contributed by atoms with E-state index in [0.29, 0.717) is 0 Å². The van der Waals surface area contributed by atoms with E-state index >= 15 is 0 Å². The number of carbonyl (C=O) groups excluding carboxylic acids is 2. The number of non-ortho nitro benzene ring substituents is 1. The third-order valence-corrected chi connectivity index (χ3v) is 7.59. The first-order valence-corrected chi connectivity index (χ1v) is 15.1. The molecule has 2 amide bonds. The molecule has 0 bridgehead atoms. The third kappa shape index (κ3) is 8.62. The van der Waals surface area contributed by atoms with E-state index in [9.17, 15) is 28.1 Å². The minimum absolute atomic E-state index is 0.0217. The third-order valence-electron chi connectivity index (χ3n) is 5.95. The molecule has 0 radical (unpaired) electrons. The van der Waals surface area contributed by atoms with Crippen LogP contribution in [0.3, 0.4) is 0 Å². The van der Waals surface area contributed by atoms with Crippen LogP contribution in [0.5, 0.6) is 0 Å². The molecule has 0 heterocycles. The molecular weight excluding hydrogens is 600 g/mol. The van der Waals surface area contributed by atoms with Gasteiger partial charge in [0.2, 0.25) is 21.8 Å². The number of nitro benzene ring substituents is 1. The monoisotopic (exact) mass is 630 g/mol. The van der Waals surface area contributed by atoms with Crippen molar-refractivity contribution in [2.24, 2.45) is 0 Å². The zero-order chi connectivity index (χ0) is 29.4. The van der Waals surface area contributed by atoms with Crippen molar-refractivity contribution >= 4 is 49.1 Å². The molecule has 0 fully saturated rings. The highest BCUT2D eigenvalue weighted by atomic mass is 79.9.